The second-order valence-corrected chi connectivity index (χ2v) is 6.48. The number of aryl methyl sites for hydroxylation is 1. The molecule has 3 aromatic rings. The number of nitrogens with zero attached hydrogens (tertiary/aromatic N) is 1. The first-order chi connectivity index (χ1) is 14.6. The lowest BCUT2D eigenvalue weighted by Gasteiger charge is -2.12. The molecule has 2 aromatic carbocycles. The van der Waals surface area contributed by atoms with Crippen LogP contribution >= 0.6 is 0 Å². The molecular weight excluding hydrogens is 418 g/mol. The quantitative estimate of drug-likeness (QED) is 0.547. The highest BCUT2D eigenvalue weighted by Gasteiger charge is 2.31. The third kappa shape index (κ3) is 6.33. The summed E-state index contributed by atoms with van der Waals surface area (Å²) in [6.45, 7) is 1.95. The van der Waals surface area contributed by atoms with Crippen LogP contribution in [0.4, 0.5) is 23.4 Å². The van der Waals surface area contributed by atoms with Gasteiger partial charge in [-0.2, -0.15) is 0 Å². The summed E-state index contributed by atoms with van der Waals surface area (Å²) in [7, 11) is 0. The largest absolute Gasteiger partial charge is 0.573 e. The molecule has 0 saturated carbocycles. The summed E-state index contributed by atoms with van der Waals surface area (Å²) >= 11 is 0. The highest BCUT2D eigenvalue weighted by molar-refractivity contribution is 5.98. The summed E-state index contributed by atoms with van der Waals surface area (Å²) in [5.41, 5.74) is 7.43. The van der Waals surface area contributed by atoms with Crippen molar-refractivity contribution in [2.45, 2.75) is 19.8 Å². The predicted molar refractivity (Wildman–Crippen MR) is 104 cm³/mol. The molecule has 0 spiro atoms. The monoisotopic (exact) mass is 435 g/mol. The van der Waals surface area contributed by atoms with Crippen molar-refractivity contribution in [2.24, 2.45) is 0 Å². The first-order valence-electron chi connectivity index (χ1n) is 8.93. The maximum absolute atomic E-state index is 13.6. The Morgan fingerprint density at radius 1 is 1.03 bits per heavy atom. The predicted octanol–water partition coefficient (Wildman–Crippen LogP) is 4.73. The smallest absolute Gasteiger partial charge is 0.457 e. The first-order valence-corrected chi connectivity index (χ1v) is 8.93. The number of anilines is 1. The molecule has 6 nitrogen and oxygen atoms in total. The Bertz CT molecular complexity index is 1090. The third-order valence-electron chi connectivity index (χ3n) is 4.00. The zero-order valence-corrected chi connectivity index (χ0v) is 16.2. The van der Waals surface area contributed by atoms with E-state index in [0.717, 1.165) is 17.7 Å². The van der Waals surface area contributed by atoms with E-state index in [-0.39, 0.29) is 35.3 Å². The molecule has 0 bridgehead atoms. The second kappa shape index (κ2) is 8.90. The van der Waals surface area contributed by atoms with Gasteiger partial charge in [-0.05, 0) is 36.8 Å². The number of hydrogen-bond acceptors (Lipinski definition) is 5. The van der Waals surface area contributed by atoms with Gasteiger partial charge in [0.15, 0.2) is 0 Å². The number of alkyl halides is 3. The molecule has 3 rings (SSSR count). The van der Waals surface area contributed by atoms with E-state index in [1.807, 2.05) is 0 Å². The fourth-order valence-corrected chi connectivity index (χ4v) is 2.65. The van der Waals surface area contributed by atoms with Crippen molar-refractivity contribution >= 4 is 11.7 Å². The highest BCUT2D eigenvalue weighted by atomic mass is 19.4. The molecule has 10 heteroatoms. The number of nitrogens with two attached hydrogens (primary N) is 1. The number of pyridine rings is 1. The van der Waals surface area contributed by atoms with Crippen LogP contribution in [0, 0.1) is 12.7 Å². The Kier molecular flexibility index (Phi) is 6.28. The minimum atomic E-state index is -4.95. The minimum Gasteiger partial charge on any atom is -0.457 e. The Morgan fingerprint density at radius 2 is 1.71 bits per heavy atom. The van der Waals surface area contributed by atoms with E-state index in [0.29, 0.717) is 11.8 Å². The zero-order chi connectivity index (χ0) is 22.6. The van der Waals surface area contributed by atoms with Crippen molar-refractivity contribution in [3.8, 4) is 17.2 Å². The molecule has 0 radical (unpaired) electrons. The maximum atomic E-state index is 13.6. The zero-order valence-electron chi connectivity index (χ0n) is 16.2. The van der Waals surface area contributed by atoms with Crippen LogP contribution < -0.4 is 20.5 Å². The molecule has 1 aromatic heterocycles. The normalized spacial score (nSPS) is 11.1. The van der Waals surface area contributed by atoms with Crippen LogP contribution in [-0.4, -0.2) is 17.3 Å². The van der Waals surface area contributed by atoms with Gasteiger partial charge in [0.05, 0.1) is 5.56 Å². The van der Waals surface area contributed by atoms with E-state index in [2.05, 4.69) is 15.0 Å². The van der Waals surface area contributed by atoms with Crippen molar-refractivity contribution in [3.63, 3.8) is 0 Å². The van der Waals surface area contributed by atoms with Crippen molar-refractivity contribution in [2.75, 3.05) is 5.73 Å². The highest BCUT2D eigenvalue weighted by Crippen LogP contribution is 2.30. The van der Waals surface area contributed by atoms with Gasteiger partial charge in [0.25, 0.3) is 5.91 Å². The average molecular weight is 435 g/mol. The number of carbonyl (C=O) groups excluding carboxylic acids is 1. The van der Waals surface area contributed by atoms with Crippen LogP contribution in [0.2, 0.25) is 0 Å². The van der Waals surface area contributed by atoms with Crippen LogP contribution in [0.1, 0.15) is 21.6 Å². The summed E-state index contributed by atoms with van der Waals surface area (Å²) in [5, 5.41) is 2.71. The second-order valence-electron chi connectivity index (χ2n) is 6.48. The number of nitrogens with one attached hydrogen (secondary N) is 1. The minimum absolute atomic E-state index is 0.130. The molecule has 31 heavy (non-hydrogen) atoms. The van der Waals surface area contributed by atoms with Crippen molar-refractivity contribution in [1.82, 2.24) is 10.3 Å². The number of ether oxygens (including phenoxy) is 2. The number of benzene rings is 2. The number of halogens is 4. The summed E-state index contributed by atoms with van der Waals surface area (Å²) in [6, 6.07) is 12.0. The van der Waals surface area contributed by atoms with Crippen LogP contribution in [0.3, 0.4) is 0 Å². The Labute approximate surface area is 174 Å². The van der Waals surface area contributed by atoms with Gasteiger partial charge in [-0.1, -0.05) is 12.1 Å². The molecule has 1 heterocycles. The average Bonchev–Trinajstić information content (AvgIpc) is 2.65. The van der Waals surface area contributed by atoms with Gasteiger partial charge in [0.1, 0.15) is 28.9 Å². The molecule has 3 N–H and O–H groups in total. The lowest BCUT2D eigenvalue weighted by molar-refractivity contribution is -0.274. The molecule has 0 fully saturated rings. The fraction of sp³-hybridized carbons (Fsp3) is 0.143. The molecule has 0 aliphatic rings. The molecule has 0 saturated heterocycles. The van der Waals surface area contributed by atoms with Gasteiger partial charge in [-0.15, -0.1) is 13.2 Å². The maximum Gasteiger partial charge on any atom is 0.573 e. The van der Waals surface area contributed by atoms with E-state index >= 15 is 0 Å². The molecular formula is C21H17F4N3O3. The summed E-state index contributed by atoms with van der Waals surface area (Å²) < 4.78 is 59.6. The molecule has 0 aliphatic carbocycles. The van der Waals surface area contributed by atoms with Crippen LogP contribution in [-0.2, 0) is 6.54 Å². The summed E-state index contributed by atoms with van der Waals surface area (Å²) in [5.74, 6) is -1.84. The van der Waals surface area contributed by atoms with E-state index in [4.69, 9.17) is 10.5 Å². The lowest BCUT2D eigenvalue weighted by Crippen LogP contribution is -2.24. The van der Waals surface area contributed by atoms with Crippen molar-refractivity contribution in [3.05, 3.63) is 77.2 Å². The van der Waals surface area contributed by atoms with E-state index < -0.39 is 17.9 Å². The van der Waals surface area contributed by atoms with Gasteiger partial charge in [0.2, 0.25) is 0 Å². The molecule has 0 aliphatic heterocycles. The van der Waals surface area contributed by atoms with Gasteiger partial charge >= 0.3 is 6.36 Å². The number of rotatable bonds is 6. The standard InChI is InChI=1S/C21H17F4N3O3/c1-12-2-7-18(19(26)28-12)20(29)27-11-13-3-5-15(6-4-13)30-16-8-14(22)9-17(10-16)31-21(23,24)25/h2-10H,11H2,1H3,(H2,26,28)(H,27,29). The Hall–Kier alpha value is -3.82. The lowest BCUT2D eigenvalue weighted by atomic mass is 10.2. The summed E-state index contributed by atoms with van der Waals surface area (Å²) in [4.78, 5) is 16.3. The molecule has 162 valence electrons. The Balaban J connectivity index is 1.62. The van der Waals surface area contributed by atoms with Crippen LogP contribution in [0.25, 0.3) is 0 Å². The van der Waals surface area contributed by atoms with Gasteiger partial charge in [-0.25, -0.2) is 9.37 Å². The van der Waals surface area contributed by atoms with Gasteiger partial charge in [0, 0.05) is 30.4 Å². The Morgan fingerprint density at radius 3 is 2.35 bits per heavy atom. The number of hydrogen-bond donors (Lipinski definition) is 2. The van der Waals surface area contributed by atoms with E-state index in [9.17, 15) is 22.4 Å². The number of amides is 1. The molecule has 1 amide bonds. The number of nitrogen functional groups attached to an aromatic ring is 1. The SMILES string of the molecule is Cc1ccc(C(=O)NCc2ccc(Oc3cc(F)cc(OC(F)(F)F)c3)cc2)c(N)n1. The van der Waals surface area contributed by atoms with Crippen molar-refractivity contribution in [1.29, 1.82) is 0 Å². The van der Waals surface area contributed by atoms with Gasteiger partial charge in [-0.3, -0.25) is 4.79 Å². The van der Waals surface area contributed by atoms with Gasteiger partial charge < -0.3 is 20.5 Å². The van der Waals surface area contributed by atoms with Crippen LogP contribution in [0.15, 0.2) is 54.6 Å². The fourth-order valence-electron chi connectivity index (χ4n) is 2.65. The van der Waals surface area contributed by atoms with E-state index in [1.165, 1.54) is 12.1 Å². The number of carbonyl (C=O) groups is 1. The summed E-state index contributed by atoms with van der Waals surface area (Å²) in [6.07, 6.45) is -4.95. The number of aromatic nitrogens is 1. The topological polar surface area (TPSA) is 86.5 Å². The third-order valence-corrected chi connectivity index (χ3v) is 4.00. The first kappa shape index (κ1) is 21.9. The molecule has 0 unspecified atom stereocenters. The van der Waals surface area contributed by atoms with Crippen LogP contribution in [0.5, 0.6) is 17.2 Å². The molecule has 0 atom stereocenters. The van der Waals surface area contributed by atoms with E-state index in [1.54, 1.807) is 31.2 Å². The van der Waals surface area contributed by atoms with Crippen molar-refractivity contribution < 1.29 is 31.8 Å².